The summed E-state index contributed by atoms with van der Waals surface area (Å²) in [6.45, 7) is 4.86. The van der Waals surface area contributed by atoms with Crippen molar-refractivity contribution in [2.24, 2.45) is 5.73 Å². The summed E-state index contributed by atoms with van der Waals surface area (Å²) in [5.41, 5.74) is 7.33. The van der Waals surface area contributed by atoms with Crippen molar-refractivity contribution in [3.8, 4) is 17.2 Å². The zero-order valence-corrected chi connectivity index (χ0v) is 24.7. The molecule has 9 nitrogen and oxygen atoms in total. The van der Waals surface area contributed by atoms with Crippen LogP contribution in [0, 0.1) is 0 Å². The van der Waals surface area contributed by atoms with E-state index in [2.05, 4.69) is 14.8 Å². The number of thioether (sulfide) groups is 1. The molecular weight excluding hydrogens is 538 g/mol. The van der Waals surface area contributed by atoms with E-state index < -0.39 is 5.91 Å². The average molecular weight is 578 g/mol. The van der Waals surface area contributed by atoms with Crippen molar-refractivity contribution in [1.29, 1.82) is 0 Å². The minimum Gasteiger partial charge on any atom is -0.480 e. The molecular formula is C31H39N5O4S. The number of benzene rings is 1. The van der Waals surface area contributed by atoms with Gasteiger partial charge in [0.05, 0.1) is 34.7 Å². The van der Waals surface area contributed by atoms with Gasteiger partial charge in [0.15, 0.2) is 5.76 Å². The normalized spacial score (nSPS) is 18.1. The van der Waals surface area contributed by atoms with E-state index >= 15 is 0 Å². The van der Waals surface area contributed by atoms with Gasteiger partial charge in [0.25, 0.3) is 5.91 Å². The van der Waals surface area contributed by atoms with Gasteiger partial charge in [-0.2, -0.15) is 0 Å². The van der Waals surface area contributed by atoms with Crippen molar-refractivity contribution in [2.45, 2.75) is 69.7 Å². The number of hydrogen-bond acceptors (Lipinski definition) is 9. The molecule has 5 rings (SSSR count). The van der Waals surface area contributed by atoms with Crippen LogP contribution in [0.25, 0.3) is 22.2 Å². The Morgan fingerprint density at radius 2 is 2.00 bits per heavy atom. The highest BCUT2D eigenvalue weighted by Crippen LogP contribution is 2.42. The van der Waals surface area contributed by atoms with E-state index in [1.165, 1.54) is 24.6 Å². The smallest absolute Gasteiger partial charge is 0.256 e. The molecule has 3 aromatic rings. The first-order valence-electron chi connectivity index (χ1n) is 14.6. The van der Waals surface area contributed by atoms with Crippen molar-refractivity contribution < 1.29 is 18.7 Å². The molecule has 2 atom stereocenters. The number of amides is 1. The van der Waals surface area contributed by atoms with Crippen LogP contribution in [0.1, 0.15) is 70.2 Å². The zero-order valence-electron chi connectivity index (χ0n) is 23.9. The average Bonchev–Trinajstić information content (AvgIpc) is 3.76. The first-order chi connectivity index (χ1) is 20.0. The summed E-state index contributed by atoms with van der Waals surface area (Å²) in [6, 6.07) is 9.70. The molecule has 2 aromatic heterocycles. The first-order valence-corrected chi connectivity index (χ1v) is 15.4. The van der Waals surface area contributed by atoms with Gasteiger partial charge >= 0.3 is 0 Å². The van der Waals surface area contributed by atoms with Gasteiger partial charge in [-0.3, -0.25) is 9.59 Å². The van der Waals surface area contributed by atoms with E-state index in [0.717, 1.165) is 61.8 Å². The summed E-state index contributed by atoms with van der Waals surface area (Å²) in [6.07, 6.45) is 10.7. The number of nitrogens with zero attached hydrogens (tertiary/aromatic N) is 4. The van der Waals surface area contributed by atoms with E-state index in [-0.39, 0.29) is 11.4 Å². The third kappa shape index (κ3) is 6.93. The number of unbranched alkanes of at least 4 members (excludes halogenated alkanes) is 2. The third-order valence-electron chi connectivity index (χ3n) is 7.86. The van der Waals surface area contributed by atoms with Crippen molar-refractivity contribution in [3.05, 3.63) is 53.5 Å². The van der Waals surface area contributed by atoms with Crippen LogP contribution in [-0.4, -0.2) is 63.6 Å². The second kappa shape index (κ2) is 13.5. The maximum absolute atomic E-state index is 12.2. The molecule has 1 unspecified atom stereocenters. The van der Waals surface area contributed by atoms with Crippen molar-refractivity contribution in [1.82, 2.24) is 19.8 Å². The van der Waals surface area contributed by atoms with Gasteiger partial charge in [-0.1, -0.05) is 49.7 Å². The van der Waals surface area contributed by atoms with Gasteiger partial charge in [0, 0.05) is 31.0 Å². The van der Waals surface area contributed by atoms with Crippen molar-refractivity contribution >= 4 is 34.4 Å². The molecule has 0 spiro atoms. The molecule has 2 aliphatic heterocycles. The summed E-state index contributed by atoms with van der Waals surface area (Å²) < 4.78 is 12.1. The number of para-hydroxylation sites is 1. The fourth-order valence-corrected chi connectivity index (χ4v) is 6.80. The van der Waals surface area contributed by atoms with E-state index in [0.29, 0.717) is 41.1 Å². The number of hydrogen-bond donors (Lipinski definition) is 1. The fraction of sp³-hybridized carbons (Fsp3) is 0.484. The number of carbonyl (C=O) groups excluding carboxylic acids is 2. The molecule has 1 saturated heterocycles. The largest absolute Gasteiger partial charge is 0.480 e. The van der Waals surface area contributed by atoms with Crippen LogP contribution >= 0.6 is 11.8 Å². The summed E-state index contributed by atoms with van der Waals surface area (Å²) in [4.78, 5) is 38.7. The molecule has 10 heteroatoms. The molecule has 2 N–H and O–H groups in total. The SMILES string of the molecule is CCC(=O)CCCCCC(c1ncc(-c2cc3ccccc3nc2OC)o1)N1C=C(C(N)=O)S[C@H]1CN1CCCC1. The third-order valence-corrected chi connectivity index (χ3v) is 9.09. The number of primary amides is 1. The molecule has 41 heavy (non-hydrogen) atoms. The number of fused-ring (bicyclic) bond motifs is 1. The maximum Gasteiger partial charge on any atom is 0.256 e. The number of pyridine rings is 1. The molecule has 0 saturated carbocycles. The van der Waals surface area contributed by atoms with Gasteiger partial charge in [0.1, 0.15) is 11.8 Å². The maximum atomic E-state index is 12.2. The number of oxazole rings is 1. The molecule has 2 aliphatic rings. The number of ether oxygens (including phenoxy) is 1. The molecule has 0 radical (unpaired) electrons. The molecule has 0 bridgehead atoms. The van der Waals surface area contributed by atoms with Gasteiger partial charge < -0.3 is 24.7 Å². The number of ketones is 1. The lowest BCUT2D eigenvalue weighted by molar-refractivity contribution is -0.119. The zero-order chi connectivity index (χ0) is 28.8. The molecule has 1 aromatic carbocycles. The number of likely N-dealkylation sites (tertiary alicyclic amines) is 1. The Morgan fingerprint density at radius 3 is 2.76 bits per heavy atom. The standard InChI is InChI=1S/C31H39N5O4S/c1-3-22(37)12-5-4-6-14-25(36-19-27(29(32)38)41-28(36)20-35-15-9-10-16-35)31-33-18-26(40-31)23-17-21-11-7-8-13-24(21)34-30(23)39-2/h7-8,11,13,17-19,25,28H,3-6,9-10,12,14-16,20H2,1-2H3,(H2,32,38)/t25?,28-/m0/s1. The van der Waals surface area contributed by atoms with Crippen molar-refractivity contribution in [3.63, 3.8) is 0 Å². The van der Waals surface area contributed by atoms with Crippen LogP contribution in [0.2, 0.25) is 0 Å². The quantitative estimate of drug-likeness (QED) is 0.242. The number of aromatic nitrogens is 2. The fourth-order valence-electron chi connectivity index (χ4n) is 5.60. The Bertz CT molecular complexity index is 1400. The second-order valence-corrected chi connectivity index (χ2v) is 11.9. The second-order valence-electron chi connectivity index (χ2n) is 10.7. The lowest BCUT2D eigenvalue weighted by Crippen LogP contribution is -2.38. The highest BCUT2D eigenvalue weighted by Gasteiger charge is 2.37. The van der Waals surface area contributed by atoms with Crippen LogP contribution in [0.4, 0.5) is 0 Å². The summed E-state index contributed by atoms with van der Waals surface area (Å²) in [7, 11) is 1.60. The van der Waals surface area contributed by atoms with Crippen LogP contribution in [0.3, 0.4) is 0 Å². The van der Waals surface area contributed by atoms with Crippen LogP contribution in [-0.2, 0) is 9.59 Å². The van der Waals surface area contributed by atoms with Crippen LogP contribution in [0.5, 0.6) is 5.88 Å². The molecule has 218 valence electrons. The number of Topliss-reactive ketones (excluding diaryl/α,β-unsaturated/α-hetero) is 1. The monoisotopic (exact) mass is 577 g/mol. The van der Waals surface area contributed by atoms with Gasteiger partial charge in [-0.25, -0.2) is 9.97 Å². The topological polar surface area (TPSA) is 115 Å². The first kappa shape index (κ1) is 29.1. The van der Waals surface area contributed by atoms with Gasteiger partial charge in [0.2, 0.25) is 11.8 Å². The number of nitrogens with two attached hydrogens (primary N) is 1. The van der Waals surface area contributed by atoms with Gasteiger partial charge in [-0.05, 0) is 50.9 Å². The molecule has 1 fully saturated rings. The molecule has 1 amide bonds. The number of rotatable bonds is 14. The Balaban J connectivity index is 1.44. The van der Waals surface area contributed by atoms with E-state index in [1.54, 1.807) is 13.3 Å². The van der Waals surface area contributed by atoms with Crippen LogP contribution in [0.15, 0.2) is 52.1 Å². The Labute approximate surface area is 245 Å². The summed E-state index contributed by atoms with van der Waals surface area (Å²) in [5, 5.41) is 1.00. The minimum absolute atomic E-state index is 0.0227. The minimum atomic E-state index is -0.416. The molecule has 0 aliphatic carbocycles. The summed E-state index contributed by atoms with van der Waals surface area (Å²) >= 11 is 1.52. The predicted octanol–water partition coefficient (Wildman–Crippen LogP) is 5.67. The summed E-state index contributed by atoms with van der Waals surface area (Å²) in [5.74, 6) is 1.51. The Morgan fingerprint density at radius 1 is 1.20 bits per heavy atom. The Kier molecular flexibility index (Phi) is 9.61. The van der Waals surface area contributed by atoms with E-state index in [9.17, 15) is 9.59 Å². The van der Waals surface area contributed by atoms with E-state index in [4.69, 9.17) is 19.9 Å². The Hall–Kier alpha value is -3.37. The predicted molar refractivity (Wildman–Crippen MR) is 161 cm³/mol. The highest BCUT2D eigenvalue weighted by molar-refractivity contribution is 8.04. The lowest BCUT2D eigenvalue weighted by Gasteiger charge is -2.33. The van der Waals surface area contributed by atoms with E-state index in [1.807, 2.05) is 43.5 Å². The van der Waals surface area contributed by atoms with Gasteiger partial charge in [-0.15, -0.1) is 0 Å². The lowest BCUT2D eigenvalue weighted by atomic mass is 10.0. The highest BCUT2D eigenvalue weighted by atomic mass is 32.2. The number of carbonyl (C=O) groups is 2. The number of methoxy groups -OCH3 is 1. The van der Waals surface area contributed by atoms with Crippen molar-refractivity contribution in [2.75, 3.05) is 26.7 Å². The van der Waals surface area contributed by atoms with Crippen LogP contribution < -0.4 is 10.5 Å². The molecule has 4 heterocycles.